The Kier molecular flexibility index (Phi) is 2.21. The van der Waals surface area contributed by atoms with Crippen molar-refractivity contribution in [1.29, 1.82) is 0 Å². The van der Waals surface area contributed by atoms with Crippen LogP contribution >= 0.6 is 12.4 Å². The van der Waals surface area contributed by atoms with Crippen molar-refractivity contribution < 1.29 is 0 Å². The van der Waals surface area contributed by atoms with E-state index in [0.717, 1.165) is 12.5 Å². The maximum atomic E-state index is 5.21. The lowest BCUT2D eigenvalue weighted by atomic mass is 10.1. The summed E-state index contributed by atoms with van der Waals surface area (Å²) in [6, 6.07) is 1.00. The summed E-state index contributed by atoms with van der Waals surface area (Å²) in [5.41, 5.74) is 5.21. The zero-order chi connectivity index (χ0) is 3.70. The van der Waals surface area contributed by atoms with Gasteiger partial charge in [-0.15, -0.1) is 12.4 Å². The van der Waals surface area contributed by atoms with Gasteiger partial charge in [-0.3, -0.25) is 0 Å². The molecule has 0 fully saturated rings. The van der Waals surface area contributed by atoms with Gasteiger partial charge in [-0.25, -0.2) is 0 Å². The molecule has 6 heavy (non-hydrogen) atoms. The molecule has 0 aromatic carbocycles. The van der Waals surface area contributed by atoms with E-state index in [0.29, 0.717) is 0 Å². The number of nitrogens with two attached hydrogens (primary N) is 1. The molecule has 0 spiro atoms. The number of hydrogen-bond acceptors (Lipinski definition) is 1. The molecule has 1 aliphatic carbocycles. The highest BCUT2D eigenvalue weighted by Gasteiger charge is 2.00. The molecule has 0 unspecified atom stereocenters. The summed E-state index contributed by atoms with van der Waals surface area (Å²) in [4.78, 5) is 0. The van der Waals surface area contributed by atoms with Crippen molar-refractivity contribution >= 4 is 12.4 Å². The second-order valence-corrected chi connectivity index (χ2v) is 1.18. The van der Waals surface area contributed by atoms with Crippen LogP contribution in [0.3, 0.4) is 0 Å². The van der Waals surface area contributed by atoms with Crippen LogP contribution in [-0.2, 0) is 0 Å². The Hall–Kier alpha value is -0.0100. The lowest BCUT2D eigenvalue weighted by Crippen LogP contribution is -2.10. The van der Waals surface area contributed by atoms with Crippen LogP contribution in [0.5, 0.6) is 0 Å². The molecule has 0 saturated heterocycles. The molecule has 0 atom stereocenters. The van der Waals surface area contributed by atoms with Crippen molar-refractivity contribution in [3.63, 3.8) is 0 Å². The number of halogens is 1. The van der Waals surface area contributed by atoms with Gasteiger partial charge in [-0.1, -0.05) is 12.2 Å². The number of hydrogen-bond donors (Lipinski definition) is 1. The fourth-order valence-electron chi connectivity index (χ4n) is 0.254. The van der Waals surface area contributed by atoms with Gasteiger partial charge < -0.3 is 5.73 Å². The monoisotopic (exact) mass is 104 g/mol. The highest BCUT2D eigenvalue weighted by atomic mass is 35.5. The molecule has 1 nitrogen and oxygen atoms in total. The predicted octanol–water partition coefficient (Wildman–Crippen LogP) is 0.859. The maximum absolute atomic E-state index is 5.21. The van der Waals surface area contributed by atoms with E-state index in [9.17, 15) is 0 Å². The molecule has 2 heteroatoms. The van der Waals surface area contributed by atoms with Crippen LogP contribution in [0.1, 0.15) is 6.42 Å². The van der Waals surface area contributed by atoms with Crippen molar-refractivity contribution in [1.82, 2.24) is 0 Å². The van der Waals surface area contributed by atoms with E-state index >= 15 is 0 Å². The summed E-state index contributed by atoms with van der Waals surface area (Å²) in [5.74, 6) is 0. The smallest absolute Gasteiger partial charge is 0.0596 e. The van der Waals surface area contributed by atoms with Crippen LogP contribution in [0.25, 0.3) is 0 Å². The van der Waals surface area contributed by atoms with Gasteiger partial charge in [-0.05, 0) is 6.42 Å². The fourth-order valence-corrected chi connectivity index (χ4v) is 0.254. The Balaban J connectivity index is 0.000000250. The lowest BCUT2D eigenvalue weighted by Gasteiger charge is -2.07. The second-order valence-electron chi connectivity index (χ2n) is 1.18. The summed E-state index contributed by atoms with van der Waals surface area (Å²) in [6.07, 6.45) is 4.95. The molecule has 0 heterocycles. The van der Waals surface area contributed by atoms with E-state index < -0.39 is 0 Å². The molecule has 35 valence electrons. The highest BCUT2D eigenvalue weighted by molar-refractivity contribution is 5.85. The summed E-state index contributed by atoms with van der Waals surface area (Å²) < 4.78 is 0. The third kappa shape index (κ3) is 0.994. The minimum absolute atomic E-state index is 0. The highest BCUT2D eigenvalue weighted by Crippen LogP contribution is 2.09. The van der Waals surface area contributed by atoms with E-state index in [1.54, 1.807) is 0 Å². The Labute approximate surface area is 43.6 Å². The number of rotatable bonds is 0. The molecular weight excluding hydrogens is 97.5 g/mol. The zero-order valence-electron chi connectivity index (χ0n) is 3.35. The quantitative estimate of drug-likeness (QED) is 0.485. The molecule has 0 bridgehead atoms. The van der Waals surface area contributed by atoms with Crippen LogP contribution in [-0.4, -0.2) is 0 Å². The molecule has 2 N–H and O–H groups in total. The van der Waals surface area contributed by atoms with Crippen LogP contribution in [0.15, 0.2) is 12.2 Å². The molecule has 0 aliphatic heterocycles. The average molecular weight is 105 g/mol. The average Bonchev–Trinajstić information content (AvgIpc) is 1.30. The minimum atomic E-state index is 0. The molecule has 1 radical (unpaired) electrons. The van der Waals surface area contributed by atoms with E-state index in [1.165, 1.54) is 0 Å². The van der Waals surface area contributed by atoms with Crippen molar-refractivity contribution in [2.45, 2.75) is 6.42 Å². The summed E-state index contributed by atoms with van der Waals surface area (Å²) in [5, 5.41) is 0. The first-order valence-corrected chi connectivity index (χ1v) is 1.67. The Morgan fingerprint density at radius 2 is 2.00 bits per heavy atom. The first-order chi connectivity index (χ1) is 2.39. The van der Waals surface area contributed by atoms with Crippen molar-refractivity contribution in [2.75, 3.05) is 0 Å². The largest absolute Gasteiger partial charge is 0.320 e. The molecule has 0 aromatic rings. The van der Waals surface area contributed by atoms with Crippen molar-refractivity contribution in [2.24, 2.45) is 5.73 Å². The topological polar surface area (TPSA) is 26.0 Å². The third-order valence-corrected chi connectivity index (χ3v) is 0.685. The third-order valence-electron chi connectivity index (χ3n) is 0.685. The van der Waals surface area contributed by atoms with E-state index in [2.05, 4.69) is 0 Å². The van der Waals surface area contributed by atoms with Gasteiger partial charge in [0.05, 0.1) is 6.04 Å². The Morgan fingerprint density at radius 1 is 1.67 bits per heavy atom. The van der Waals surface area contributed by atoms with Gasteiger partial charge in [0.15, 0.2) is 0 Å². The van der Waals surface area contributed by atoms with Gasteiger partial charge in [0.1, 0.15) is 0 Å². The summed E-state index contributed by atoms with van der Waals surface area (Å²) in [6.45, 7) is 0. The van der Waals surface area contributed by atoms with Gasteiger partial charge in [0.2, 0.25) is 0 Å². The molecule has 0 saturated carbocycles. The van der Waals surface area contributed by atoms with E-state index in [-0.39, 0.29) is 12.4 Å². The van der Waals surface area contributed by atoms with Gasteiger partial charge in [0.25, 0.3) is 0 Å². The van der Waals surface area contributed by atoms with Crippen molar-refractivity contribution in [3.8, 4) is 0 Å². The predicted molar refractivity (Wildman–Crippen MR) is 28.4 cm³/mol. The minimum Gasteiger partial charge on any atom is -0.320 e. The fraction of sp³-hybridized carbons (Fsp3) is 0.250. The standard InChI is InChI=1S/C4H6N.ClH/c5-4-2-1-3-4;/h1-2H,3,5H2;1H. The van der Waals surface area contributed by atoms with Crippen molar-refractivity contribution in [3.05, 3.63) is 18.2 Å². The van der Waals surface area contributed by atoms with Gasteiger partial charge in [-0.2, -0.15) is 0 Å². The van der Waals surface area contributed by atoms with E-state index in [4.69, 9.17) is 5.73 Å². The molecule has 1 rings (SSSR count). The lowest BCUT2D eigenvalue weighted by molar-refractivity contribution is 0.953. The Bertz CT molecular complexity index is 60.6. The van der Waals surface area contributed by atoms with Crippen LogP contribution < -0.4 is 5.73 Å². The summed E-state index contributed by atoms with van der Waals surface area (Å²) >= 11 is 0. The molecular formula is C4H7ClN. The first-order valence-electron chi connectivity index (χ1n) is 1.67. The summed E-state index contributed by atoms with van der Waals surface area (Å²) in [7, 11) is 0. The normalized spacial score (nSPS) is 18.8. The first kappa shape index (κ1) is 5.99. The van der Waals surface area contributed by atoms with Crippen LogP contribution in [0.4, 0.5) is 0 Å². The maximum Gasteiger partial charge on any atom is 0.0596 e. The second kappa shape index (κ2) is 2.21. The molecule has 1 aliphatic rings. The zero-order valence-corrected chi connectivity index (χ0v) is 4.16. The Morgan fingerprint density at radius 3 is 2.00 bits per heavy atom. The molecule has 0 amide bonds. The molecule has 0 aromatic heterocycles. The van der Waals surface area contributed by atoms with Crippen LogP contribution in [0.2, 0.25) is 0 Å². The SMILES string of the molecule is Cl.N[C]1C=CC1. The van der Waals surface area contributed by atoms with E-state index in [1.807, 2.05) is 12.2 Å². The van der Waals surface area contributed by atoms with Gasteiger partial charge >= 0.3 is 0 Å². The van der Waals surface area contributed by atoms with Crippen LogP contribution in [0, 0.1) is 6.04 Å². The van der Waals surface area contributed by atoms with Gasteiger partial charge in [0, 0.05) is 0 Å².